The van der Waals surface area contributed by atoms with Gasteiger partial charge in [0, 0.05) is 25.3 Å². The molecule has 0 saturated carbocycles. The van der Waals surface area contributed by atoms with Crippen LogP contribution in [0, 0.1) is 18.8 Å². The smallest absolute Gasteiger partial charge is 0.208 e. The fraction of sp³-hybridized carbons (Fsp3) is 0.444. The van der Waals surface area contributed by atoms with Crippen molar-refractivity contribution in [1.82, 2.24) is 30.0 Å². The van der Waals surface area contributed by atoms with E-state index in [1.165, 1.54) is 0 Å². The van der Waals surface area contributed by atoms with Gasteiger partial charge in [-0.15, -0.1) is 10.2 Å². The number of fused-ring (bicyclic) bond motifs is 1. The molecular weight excluding hydrogens is 316 g/mol. The Morgan fingerprint density at radius 3 is 2.72 bits per heavy atom. The molecule has 7 heteroatoms. The summed E-state index contributed by atoms with van der Waals surface area (Å²) < 4.78 is 2.11. The van der Waals surface area contributed by atoms with Crippen LogP contribution in [-0.4, -0.2) is 50.7 Å². The zero-order chi connectivity index (χ0) is 18.1. The average molecular weight is 340 g/mol. The number of hydrogen-bond donors (Lipinski definition) is 1. The van der Waals surface area contributed by atoms with E-state index in [-0.39, 0.29) is 0 Å². The Morgan fingerprint density at radius 2 is 2.08 bits per heavy atom. The van der Waals surface area contributed by atoms with Crippen molar-refractivity contribution >= 4 is 6.41 Å². The van der Waals surface area contributed by atoms with E-state index < -0.39 is 0 Å². The molecular formula is C18H24N6O. The van der Waals surface area contributed by atoms with E-state index in [0.717, 1.165) is 55.8 Å². The molecule has 0 spiro atoms. The van der Waals surface area contributed by atoms with Gasteiger partial charge in [-0.1, -0.05) is 13.0 Å². The van der Waals surface area contributed by atoms with Crippen molar-refractivity contribution in [2.24, 2.45) is 0 Å². The number of hydrogen-bond acceptors (Lipinski definition) is 5. The van der Waals surface area contributed by atoms with Gasteiger partial charge in [0.05, 0.1) is 6.54 Å². The van der Waals surface area contributed by atoms with Crippen LogP contribution in [0.15, 0.2) is 18.2 Å². The van der Waals surface area contributed by atoms with Gasteiger partial charge in [0.25, 0.3) is 0 Å². The summed E-state index contributed by atoms with van der Waals surface area (Å²) in [5, 5.41) is 10.9. The highest BCUT2D eigenvalue weighted by molar-refractivity contribution is 5.45. The maximum Gasteiger partial charge on any atom is 0.208 e. The van der Waals surface area contributed by atoms with E-state index in [9.17, 15) is 4.79 Å². The van der Waals surface area contributed by atoms with E-state index in [0.29, 0.717) is 6.41 Å². The molecule has 3 rings (SSSR count). The lowest BCUT2D eigenvalue weighted by molar-refractivity contribution is -0.109. The minimum atomic E-state index is 0.681. The first-order valence-electron chi connectivity index (χ1n) is 8.45. The summed E-state index contributed by atoms with van der Waals surface area (Å²) in [5.41, 5.74) is 1.74. The minimum absolute atomic E-state index is 0.681. The van der Waals surface area contributed by atoms with Gasteiger partial charge in [0.15, 0.2) is 0 Å². The van der Waals surface area contributed by atoms with Gasteiger partial charge in [0.1, 0.15) is 11.5 Å². The molecule has 1 amide bonds. The summed E-state index contributed by atoms with van der Waals surface area (Å²) >= 11 is 0. The largest absolute Gasteiger partial charge is 0.359 e. The van der Waals surface area contributed by atoms with E-state index in [2.05, 4.69) is 48.7 Å². The van der Waals surface area contributed by atoms with Crippen LogP contribution in [0.25, 0.3) is 0 Å². The second-order valence-corrected chi connectivity index (χ2v) is 5.55. The highest BCUT2D eigenvalue weighted by Crippen LogP contribution is 2.11. The number of aryl methyl sites for hydroxylation is 1. The lowest BCUT2D eigenvalue weighted by atomic mass is 10.3. The van der Waals surface area contributed by atoms with Gasteiger partial charge in [-0.2, -0.15) is 0 Å². The van der Waals surface area contributed by atoms with Gasteiger partial charge in [-0.25, -0.2) is 4.98 Å². The molecule has 0 atom stereocenters. The van der Waals surface area contributed by atoms with E-state index in [1.54, 1.807) is 0 Å². The van der Waals surface area contributed by atoms with Crippen molar-refractivity contribution in [2.75, 3.05) is 19.6 Å². The molecule has 1 aliphatic rings. The Balaban J connectivity index is 0.000000399. The second-order valence-electron chi connectivity index (χ2n) is 5.55. The van der Waals surface area contributed by atoms with Gasteiger partial charge in [-0.05, 0) is 44.4 Å². The molecule has 0 saturated heterocycles. The second kappa shape index (κ2) is 9.55. The maximum atomic E-state index is 9.29. The molecule has 2 aromatic heterocycles. The minimum Gasteiger partial charge on any atom is -0.359 e. The molecule has 1 N–H and O–H groups in total. The Bertz CT molecular complexity index is 758. The number of aromatic nitrogens is 4. The Hall–Kier alpha value is -2.72. The van der Waals surface area contributed by atoms with Crippen LogP contribution in [0.4, 0.5) is 0 Å². The summed E-state index contributed by atoms with van der Waals surface area (Å²) in [6.45, 7) is 10.5. The fourth-order valence-corrected chi connectivity index (χ4v) is 2.39. The number of rotatable bonds is 3. The van der Waals surface area contributed by atoms with Crippen LogP contribution in [-0.2, 0) is 17.9 Å². The number of carbonyl (C=O) groups excluding carboxylic acids is 1. The van der Waals surface area contributed by atoms with Crippen molar-refractivity contribution in [3.63, 3.8) is 0 Å². The quantitative estimate of drug-likeness (QED) is 0.666. The molecule has 0 bridgehead atoms. The van der Waals surface area contributed by atoms with Crippen molar-refractivity contribution in [3.8, 4) is 11.8 Å². The van der Waals surface area contributed by atoms with Crippen molar-refractivity contribution in [1.29, 1.82) is 0 Å². The van der Waals surface area contributed by atoms with E-state index in [1.807, 2.05) is 32.0 Å². The molecule has 132 valence electrons. The van der Waals surface area contributed by atoms with Crippen molar-refractivity contribution in [2.45, 2.75) is 33.9 Å². The lowest BCUT2D eigenvalue weighted by Crippen LogP contribution is -2.33. The first kappa shape index (κ1) is 18.6. The highest BCUT2D eigenvalue weighted by Gasteiger charge is 2.18. The third kappa shape index (κ3) is 5.40. The third-order valence-electron chi connectivity index (χ3n) is 3.76. The molecule has 0 aromatic carbocycles. The number of likely N-dealkylation sites (N-methyl/N-ethyl adjacent to an activating group) is 1. The zero-order valence-corrected chi connectivity index (χ0v) is 15.0. The molecule has 25 heavy (non-hydrogen) atoms. The Kier molecular flexibility index (Phi) is 7.11. The monoisotopic (exact) mass is 340 g/mol. The predicted molar refractivity (Wildman–Crippen MR) is 95.7 cm³/mol. The zero-order valence-electron chi connectivity index (χ0n) is 15.0. The van der Waals surface area contributed by atoms with Crippen LogP contribution < -0.4 is 5.32 Å². The first-order chi connectivity index (χ1) is 12.2. The van der Waals surface area contributed by atoms with Crippen molar-refractivity contribution < 1.29 is 4.79 Å². The van der Waals surface area contributed by atoms with Crippen molar-refractivity contribution in [3.05, 3.63) is 41.2 Å². The van der Waals surface area contributed by atoms with Gasteiger partial charge in [0.2, 0.25) is 12.2 Å². The topological polar surface area (TPSA) is 75.9 Å². The summed E-state index contributed by atoms with van der Waals surface area (Å²) in [5.74, 6) is 7.89. The molecule has 1 aliphatic heterocycles. The molecule has 0 radical (unpaired) electrons. The number of nitrogens with zero attached hydrogens (tertiary/aromatic N) is 5. The maximum absolute atomic E-state index is 9.29. The van der Waals surface area contributed by atoms with E-state index >= 15 is 0 Å². The van der Waals surface area contributed by atoms with E-state index in [4.69, 9.17) is 0 Å². The normalized spacial score (nSPS) is 12.9. The molecule has 2 aromatic rings. The third-order valence-corrected chi connectivity index (χ3v) is 3.76. The van der Waals surface area contributed by atoms with Gasteiger partial charge < -0.3 is 9.88 Å². The van der Waals surface area contributed by atoms with Crippen LogP contribution in [0.1, 0.15) is 36.9 Å². The summed E-state index contributed by atoms with van der Waals surface area (Å²) in [6.07, 6.45) is 0.681. The molecule has 7 nitrogen and oxygen atoms in total. The SMILES string of the molecule is CCN1CCn2c(C#Cc3cccc(C)n3)nnc2C1.CCNC=O. The lowest BCUT2D eigenvalue weighted by Gasteiger charge is -2.25. The molecule has 0 fully saturated rings. The average Bonchev–Trinajstić information content (AvgIpc) is 3.03. The van der Waals surface area contributed by atoms with Crippen LogP contribution in [0.2, 0.25) is 0 Å². The number of carbonyl (C=O) groups is 1. The van der Waals surface area contributed by atoms with Crippen LogP contribution in [0.3, 0.4) is 0 Å². The number of pyridine rings is 1. The fourth-order valence-electron chi connectivity index (χ4n) is 2.39. The standard InChI is InChI=1S/C15H17N5.C3H7NO/c1-3-19-9-10-20-14(17-18-15(20)11-19)8-7-13-6-4-5-12(2)16-13;1-2-4-3-5/h4-6H,3,9-11H2,1-2H3;3H,2H2,1H3,(H,4,5). The Labute approximate surface area is 148 Å². The number of amides is 1. The number of nitrogens with one attached hydrogen (secondary N) is 1. The highest BCUT2D eigenvalue weighted by atomic mass is 16.1. The first-order valence-corrected chi connectivity index (χ1v) is 8.45. The van der Waals surface area contributed by atoms with Crippen LogP contribution in [0.5, 0.6) is 0 Å². The molecule has 0 aliphatic carbocycles. The summed E-state index contributed by atoms with van der Waals surface area (Å²) in [6, 6.07) is 5.83. The van der Waals surface area contributed by atoms with Crippen LogP contribution >= 0.6 is 0 Å². The summed E-state index contributed by atoms with van der Waals surface area (Å²) in [7, 11) is 0. The molecule has 3 heterocycles. The van der Waals surface area contributed by atoms with Gasteiger partial charge in [-0.3, -0.25) is 9.69 Å². The molecule has 0 unspecified atom stereocenters. The predicted octanol–water partition coefficient (Wildman–Crippen LogP) is 0.969. The summed E-state index contributed by atoms with van der Waals surface area (Å²) in [4.78, 5) is 16.0. The Morgan fingerprint density at radius 1 is 1.24 bits per heavy atom. The van der Waals surface area contributed by atoms with Gasteiger partial charge >= 0.3 is 0 Å².